The van der Waals surface area contributed by atoms with Gasteiger partial charge in [0.1, 0.15) is 22.9 Å². The van der Waals surface area contributed by atoms with Gasteiger partial charge in [-0.3, -0.25) is 14.4 Å². The molecule has 0 saturated carbocycles. The second-order valence-electron chi connectivity index (χ2n) is 12.0. The van der Waals surface area contributed by atoms with Crippen molar-refractivity contribution in [2.24, 2.45) is 0 Å². The molecular formula is C32H38N2O10S3. The Balaban J connectivity index is 1.51. The molecule has 15 heteroatoms. The minimum absolute atomic E-state index is 0.0304. The van der Waals surface area contributed by atoms with E-state index in [9.17, 15) is 28.8 Å². The Morgan fingerprint density at radius 3 is 2.72 bits per heavy atom. The van der Waals surface area contributed by atoms with E-state index in [2.05, 4.69) is 4.98 Å². The van der Waals surface area contributed by atoms with Crippen LogP contribution in [-0.4, -0.2) is 65.1 Å². The van der Waals surface area contributed by atoms with Crippen molar-refractivity contribution in [3.63, 3.8) is 0 Å². The van der Waals surface area contributed by atoms with E-state index in [-0.39, 0.29) is 42.3 Å². The molecule has 2 saturated heterocycles. The first kappa shape index (κ1) is 35.5. The molecule has 3 aliphatic rings. The fraction of sp³-hybridized carbons (Fsp3) is 0.531. The van der Waals surface area contributed by atoms with Crippen molar-refractivity contribution in [2.75, 3.05) is 6.61 Å². The van der Waals surface area contributed by atoms with Gasteiger partial charge < -0.3 is 28.0 Å². The molecule has 1 N–H and O–H groups in total. The Labute approximate surface area is 283 Å². The number of aromatic nitrogens is 1. The molecule has 0 radical (unpaired) electrons. The van der Waals surface area contributed by atoms with Crippen LogP contribution in [0.15, 0.2) is 48.9 Å². The first-order valence-corrected chi connectivity index (χ1v) is 18.3. The van der Waals surface area contributed by atoms with Gasteiger partial charge in [0.15, 0.2) is 28.2 Å². The fourth-order valence-corrected chi connectivity index (χ4v) is 9.66. The van der Waals surface area contributed by atoms with Crippen LogP contribution in [0.3, 0.4) is 0 Å². The van der Waals surface area contributed by atoms with Crippen molar-refractivity contribution >= 4 is 57.3 Å². The van der Waals surface area contributed by atoms with Crippen molar-refractivity contribution in [3.05, 3.63) is 68.1 Å². The zero-order valence-corrected chi connectivity index (χ0v) is 29.0. The van der Waals surface area contributed by atoms with Crippen LogP contribution >= 0.6 is 23.1 Å². The fourth-order valence-electron chi connectivity index (χ4n) is 5.73. The summed E-state index contributed by atoms with van der Waals surface area (Å²) in [5.41, 5.74) is -1.01. The molecule has 0 spiro atoms. The van der Waals surface area contributed by atoms with Gasteiger partial charge in [-0.25, -0.2) is 9.78 Å². The molecule has 0 aliphatic carbocycles. The van der Waals surface area contributed by atoms with Gasteiger partial charge in [-0.1, -0.05) is 29.5 Å². The van der Waals surface area contributed by atoms with Crippen LogP contribution in [0.4, 0.5) is 0 Å². The molecule has 5 heterocycles. The minimum atomic E-state index is -2.27. The van der Waals surface area contributed by atoms with Crippen LogP contribution < -0.4 is 5.82 Å². The minimum Gasteiger partial charge on any atom is -0.592 e. The van der Waals surface area contributed by atoms with Gasteiger partial charge in [0, 0.05) is 18.4 Å². The zero-order valence-electron chi connectivity index (χ0n) is 26.6. The van der Waals surface area contributed by atoms with Gasteiger partial charge in [-0.2, -0.15) is 4.31 Å². The van der Waals surface area contributed by atoms with Crippen molar-refractivity contribution in [2.45, 2.75) is 101 Å². The van der Waals surface area contributed by atoms with Crippen molar-refractivity contribution in [1.29, 1.82) is 0 Å². The van der Waals surface area contributed by atoms with Crippen LogP contribution in [0.1, 0.15) is 87.6 Å². The maximum atomic E-state index is 14.5. The number of thioether (sulfide) groups is 1. The summed E-state index contributed by atoms with van der Waals surface area (Å²) in [6.07, 6.45) is 8.85. The van der Waals surface area contributed by atoms with E-state index in [1.807, 2.05) is 0 Å². The topological polar surface area (TPSA) is 172 Å². The number of rotatable bonds is 6. The first-order chi connectivity index (χ1) is 22.3. The molecular weight excluding hydrogens is 669 g/mol. The van der Waals surface area contributed by atoms with Crippen molar-refractivity contribution < 1.29 is 42.4 Å². The molecule has 12 nitrogen and oxygen atoms in total. The number of carbonyl (C=O) groups excluding carboxylic acids is 3. The largest absolute Gasteiger partial charge is 0.592 e. The van der Waals surface area contributed by atoms with E-state index in [1.54, 1.807) is 43.5 Å². The van der Waals surface area contributed by atoms with Crippen molar-refractivity contribution in [1.82, 2.24) is 9.29 Å². The summed E-state index contributed by atoms with van der Waals surface area (Å²) in [6, 6.07) is -0.712. The molecule has 1 amide bonds. The maximum absolute atomic E-state index is 14.5. The summed E-state index contributed by atoms with van der Waals surface area (Å²) in [7, 11) is 0. The van der Waals surface area contributed by atoms with Gasteiger partial charge in [0.2, 0.25) is 5.12 Å². The van der Waals surface area contributed by atoms with Crippen LogP contribution in [-0.2, 0) is 41.0 Å². The first-order valence-electron chi connectivity index (χ1n) is 15.3. The highest BCUT2D eigenvalue weighted by Crippen LogP contribution is 2.50. The van der Waals surface area contributed by atoms with E-state index in [1.165, 1.54) is 35.6 Å². The molecule has 3 aliphatic heterocycles. The highest BCUT2D eigenvalue weighted by atomic mass is 32.2. The lowest BCUT2D eigenvalue weighted by Gasteiger charge is -2.40. The highest BCUT2D eigenvalue weighted by Gasteiger charge is 2.69. The molecule has 5 rings (SSSR count). The van der Waals surface area contributed by atoms with Gasteiger partial charge in [0.05, 0.1) is 29.2 Å². The Morgan fingerprint density at radius 2 is 2.02 bits per heavy atom. The normalized spacial score (nSPS) is 31.1. The number of thiazole rings is 1. The van der Waals surface area contributed by atoms with E-state index in [0.717, 1.165) is 12.8 Å². The van der Waals surface area contributed by atoms with Gasteiger partial charge in [0.25, 0.3) is 5.91 Å². The summed E-state index contributed by atoms with van der Waals surface area (Å²) >= 11 is -0.223. The Bertz CT molecular complexity index is 1630. The van der Waals surface area contributed by atoms with E-state index in [4.69, 9.17) is 18.3 Å². The monoisotopic (exact) mass is 706 g/mol. The number of aliphatic hydroxyl groups is 1. The van der Waals surface area contributed by atoms with Gasteiger partial charge >= 0.3 is 5.82 Å². The number of hydrogen-bond donors (Lipinski definition) is 1. The lowest BCUT2D eigenvalue weighted by atomic mass is 9.81. The van der Waals surface area contributed by atoms with Crippen molar-refractivity contribution in [3.8, 4) is 0 Å². The number of hydrogen-bond acceptors (Lipinski definition) is 13. The summed E-state index contributed by atoms with van der Waals surface area (Å²) in [5, 5.41) is 13.6. The third-order valence-corrected chi connectivity index (χ3v) is 13.0. The standard InChI is InChI=1S/C32H38N2O10S3/c1-19-12-13-32(31(4,39)29(37)46-18-25-21(3)42-30(38)44-25)16-26(36)34(47(32)40)20(2)28-33-22(17-45-28)9-5-6-10-23(35)24(15-19)43-27-11-7-8-14-41-27/h5-6,9-10,15,17,20,24,27,39H,7-8,11-14,16,18H2,1-4H3/b9-5+,10-6+,19-15+/t20-,24-,27+,31+,32-,47?/m1/s1. The summed E-state index contributed by atoms with van der Waals surface area (Å²) < 4.78 is 35.7. The van der Waals surface area contributed by atoms with Crippen LogP contribution in [0, 0.1) is 6.92 Å². The summed E-state index contributed by atoms with van der Waals surface area (Å²) in [6.45, 7) is 6.81. The van der Waals surface area contributed by atoms with E-state index < -0.39 is 57.0 Å². The second kappa shape index (κ2) is 14.8. The Kier molecular flexibility index (Phi) is 11.2. The van der Waals surface area contributed by atoms with Crippen LogP contribution in [0.5, 0.6) is 0 Å². The number of carbonyl (C=O) groups is 3. The molecule has 2 aromatic heterocycles. The summed E-state index contributed by atoms with van der Waals surface area (Å²) in [4.78, 5) is 56.9. The average molecular weight is 707 g/mol. The van der Waals surface area contributed by atoms with Crippen LogP contribution in [0.2, 0.25) is 0 Å². The molecule has 47 heavy (non-hydrogen) atoms. The third kappa shape index (κ3) is 7.61. The quantitative estimate of drug-likeness (QED) is 0.325. The number of ketones is 1. The predicted molar refractivity (Wildman–Crippen MR) is 176 cm³/mol. The molecule has 4 bridgehead atoms. The average Bonchev–Trinajstić information content (AvgIpc) is 3.71. The SMILES string of the molecule is C/C1=C\[C@@H](O[C@H]2CCCCO2)C(=O)/C=C/C=C/c2csc(n2)[C@@H](C)N2C(=O)C[C@@]([C@@](C)(O)C(=O)SCc3oc(=O)oc3C)(CC1)[S+]2[O-]. The smallest absolute Gasteiger partial charge is 0.519 e. The number of allylic oxidation sites excluding steroid dienone is 3. The highest BCUT2D eigenvalue weighted by molar-refractivity contribution is 8.13. The lowest BCUT2D eigenvalue weighted by molar-refractivity contribution is -0.181. The number of aryl methyl sites for hydroxylation is 1. The molecule has 2 aromatic rings. The zero-order chi connectivity index (χ0) is 33.9. The molecule has 254 valence electrons. The Morgan fingerprint density at radius 1 is 1.26 bits per heavy atom. The number of ether oxygens (including phenoxy) is 2. The number of nitrogens with zero attached hydrogens (tertiary/aromatic N) is 2. The van der Waals surface area contributed by atoms with Gasteiger partial charge in [-0.15, -0.1) is 11.3 Å². The van der Waals surface area contributed by atoms with Gasteiger partial charge in [-0.05, 0) is 71.6 Å². The maximum Gasteiger partial charge on any atom is 0.519 e. The molecule has 6 atom stereocenters. The Hall–Kier alpha value is -2.79. The van der Waals surface area contributed by atoms with E-state index >= 15 is 0 Å². The lowest BCUT2D eigenvalue weighted by Crippen LogP contribution is -2.60. The number of fused-ring (bicyclic) bond motifs is 4. The van der Waals surface area contributed by atoms with Crippen LogP contribution in [0.25, 0.3) is 6.08 Å². The number of amides is 1. The molecule has 2 fully saturated rings. The predicted octanol–water partition coefficient (Wildman–Crippen LogP) is 4.69. The molecule has 0 aromatic carbocycles. The van der Waals surface area contributed by atoms with E-state index in [0.29, 0.717) is 41.1 Å². The third-order valence-electron chi connectivity index (χ3n) is 8.61. The summed E-state index contributed by atoms with van der Waals surface area (Å²) in [5.74, 6) is -1.49. The second-order valence-corrected chi connectivity index (χ2v) is 15.5. The molecule has 1 unspecified atom stereocenters.